The van der Waals surface area contributed by atoms with Crippen LogP contribution >= 0.6 is 0 Å². The van der Waals surface area contributed by atoms with Gasteiger partial charge in [0.2, 0.25) is 6.19 Å². The Balaban J connectivity index is 2.83. The van der Waals surface area contributed by atoms with Crippen LogP contribution in [0.3, 0.4) is 0 Å². The van der Waals surface area contributed by atoms with E-state index in [0.717, 1.165) is 11.3 Å². The van der Waals surface area contributed by atoms with Gasteiger partial charge in [0.25, 0.3) is 0 Å². The number of hydrogen-bond acceptors (Lipinski definition) is 3. The minimum absolute atomic E-state index is 0.937. The molecule has 0 aromatic heterocycles. The molecule has 0 saturated heterocycles. The smallest absolute Gasteiger partial charge is 0.205 e. The van der Waals surface area contributed by atoms with Crippen molar-refractivity contribution in [3.8, 4) is 6.19 Å². The summed E-state index contributed by atoms with van der Waals surface area (Å²) in [7, 11) is 3.97. The van der Waals surface area contributed by atoms with Gasteiger partial charge in [-0.05, 0) is 17.7 Å². The predicted octanol–water partition coefficient (Wildman–Crippen LogP) is 1.65. The van der Waals surface area contributed by atoms with E-state index in [4.69, 9.17) is 5.26 Å². The first-order valence-electron chi connectivity index (χ1n) is 3.93. The molecule has 1 rings (SSSR count). The lowest BCUT2D eigenvalue weighted by Gasteiger charge is -2.11. The molecule has 0 spiro atoms. The van der Waals surface area contributed by atoms with E-state index >= 15 is 0 Å². The van der Waals surface area contributed by atoms with Crippen LogP contribution in [0.25, 0.3) is 0 Å². The Morgan fingerprint density at radius 3 is 2.38 bits per heavy atom. The molecule has 0 N–H and O–H groups in total. The summed E-state index contributed by atoms with van der Waals surface area (Å²) >= 11 is 0. The quantitative estimate of drug-likeness (QED) is 0.504. The van der Waals surface area contributed by atoms with Gasteiger partial charge in [-0.25, -0.2) is 0 Å². The SMILES string of the molecule is CN(C)c1ccc(C=NC#N)cc1. The van der Waals surface area contributed by atoms with Gasteiger partial charge in [-0.15, -0.1) is 0 Å². The average molecular weight is 173 g/mol. The van der Waals surface area contributed by atoms with Crippen LogP contribution in [0.5, 0.6) is 0 Å². The molecule has 0 heterocycles. The molecule has 0 fully saturated rings. The normalized spacial score (nSPS) is 9.92. The second kappa shape index (κ2) is 4.27. The number of nitrogens with zero attached hydrogens (tertiary/aromatic N) is 3. The Labute approximate surface area is 77.9 Å². The first-order valence-corrected chi connectivity index (χ1v) is 3.93. The van der Waals surface area contributed by atoms with Crippen molar-refractivity contribution in [2.45, 2.75) is 0 Å². The van der Waals surface area contributed by atoms with Crippen molar-refractivity contribution in [1.82, 2.24) is 0 Å². The maximum absolute atomic E-state index is 8.21. The number of nitriles is 1. The molecule has 0 amide bonds. The minimum atomic E-state index is 0.937. The maximum atomic E-state index is 8.21. The van der Waals surface area contributed by atoms with E-state index in [1.165, 1.54) is 0 Å². The van der Waals surface area contributed by atoms with Gasteiger partial charge in [0.1, 0.15) is 0 Å². The second-order valence-electron chi connectivity index (χ2n) is 2.84. The number of aliphatic imine (C=N–C) groups is 1. The van der Waals surface area contributed by atoms with Crippen molar-refractivity contribution in [2.75, 3.05) is 19.0 Å². The number of benzene rings is 1. The highest BCUT2D eigenvalue weighted by Gasteiger charge is 1.93. The predicted molar refractivity (Wildman–Crippen MR) is 54.0 cm³/mol. The summed E-state index contributed by atoms with van der Waals surface area (Å²) in [5, 5.41) is 8.21. The molecule has 0 radical (unpaired) electrons. The average Bonchev–Trinajstić information content (AvgIpc) is 2.15. The van der Waals surface area contributed by atoms with Gasteiger partial charge >= 0.3 is 0 Å². The third kappa shape index (κ3) is 2.60. The molecule has 3 nitrogen and oxygen atoms in total. The van der Waals surface area contributed by atoms with E-state index in [1.807, 2.05) is 43.3 Å². The molecule has 0 unspecified atom stereocenters. The summed E-state index contributed by atoms with van der Waals surface area (Å²) in [6.07, 6.45) is 3.25. The molecule has 0 bridgehead atoms. The zero-order valence-electron chi connectivity index (χ0n) is 7.73. The molecule has 0 saturated carbocycles. The molecule has 0 aliphatic carbocycles. The van der Waals surface area contributed by atoms with Crippen molar-refractivity contribution in [2.24, 2.45) is 4.99 Å². The number of rotatable bonds is 2. The Morgan fingerprint density at radius 2 is 1.92 bits per heavy atom. The fraction of sp³-hybridized carbons (Fsp3) is 0.200. The van der Waals surface area contributed by atoms with Crippen LogP contribution in [0.15, 0.2) is 29.3 Å². The molecule has 66 valence electrons. The lowest BCUT2D eigenvalue weighted by Crippen LogP contribution is -2.08. The van der Waals surface area contributed by atoms with Gasteiger partial charge in [-0.1, -0.05) is 12.1 Å². The Kier molecular flexibility index (Phi) is 3.04. The molecule has 0 aliphatic rings. The minimum Gasteiger partial charge on any atom is -0.378 e. The van der Waals surface area contributed by atoms with Gasteiger partial charge < -0.3 is 4.90 Å². The highest BCUT2D eigenvalue weighted by atomic mass is 15.1. The highest BCUT2D eigenvalue weighted by molar-refractivity contribution is 5.80. The van der Waals surface area contributed by atoms with Crippen LogP contribution in [0, 0.1) is 11.5 Å². The van der Waals surface area contributed by atoms with Crippen molar-refractivity contribution in [3.63, 3.8) is 0 Å². The van der Waals surface area contributed by atoms with Crippen LogP contribution in [-0.2, 0) is 0 Å². The lowest BCUT2D eigenvalue weighted by atomic mass is 10.2. The highest BCUT2D eigenvalue weighted by Crippen LogP contribution is 2.10. The number of hydrogen-bond donors (Lipinski definition) is 0. The second-order valence-corrected chi connectivity index (χ2v) is 2.84. The fourth-order valence-electron chi connectivity index (χ4n) is 0.962. The maximum Gasteiger partial charge on any atom is 0.205 e. The zero-order valence-corrected chi connectivity index (χ0v) is 7.73. The van der Waals surface area contributed by atoms with Crippen molar-refractivity contribution >= 4 is 11.9 Å². The third-order valence-corrected chi connectivity index (χ3v) is 1.68. The Morgan fingerprint density at radius 1 is 1.31 bits per heavy atom. The Hall–Kier alpha value is -1.82. The van der Waals surface area contributed by atoms with E-state index in [2.05, 4.69) is 4.99 Å². The van der Waals surface area contributed by atoms with Gasteiger partial charge in [0.05, 0.1) is 0 Å². The van der Waals surface area contributed by atoms with Crippen LogP contribution in [0.4, 0.5) is 5.69 Å². The summed E-state index contributed by atoms with van der Waals surface area (Å²) in [5.41, 5.74) is 2.07. The van der Waals surface area contributed by atoms with Crippen molar-refractivity contribution in [1.29, 1.82) is 5.26 Å². The molecule has 0 aliphatic heterocycles. The van der Waals surface area contributed by atoms with E-state index in [9.17, 15) is 0 Å². The molecule has 1 aromatic rings. The Bertz CT molecular complexity index is 330. The standard InChI is InChI=1S/C10H11N3/c1-13(2)10-5-3-9(4-6-10)7-12-8-11/h3-7H,1-2H3. The van der Waals surface area contributed by atoms with Crippen LogP contribution in [0.2, 0.25) is 0 Å². The molecule has 0 atom stereocenters. The summed E-state index contributed by atoms with van der Waals surface area (Å²) in [6.45, 7) is 0. The molecular weight excluding hydrogens is 162 g/mol. The van der Waals surface area contributed by atoms with Gasteiger partial charge in [0.15, 0.2) is 0 Å². The first kappa shape index (κ1) is 9.27. The van der Waals surface area contributed by atoms with Crippen LogP contribution in [-0.4, -0.2) is 20.3 Å². The van der Waals surface area contributed by atoms with E-state index in [0.29, 0.717) is 0 Å². The van der Waals surface area contributed by atoms with Crippen LogP contribution in [0.1, 0.15) is 5.56 Å². The molecular formula is C10H11N3. The van der Waals surface area contributed by atoms with Gasteiger partial charge in [-0.3, -0.25) is 0 Å². The fourth-order valence-corrected chi connectivity index (χ4v) is 0.962. The van der Waals surface area contributed by atoms with Gasteiger partial charge in [0, 0.05) is 26.0 Å². The van der Waals surface area contributed by atoms with Crippen molar-refractivity contribution < 1.29 is 0 Å². The topological polar surface area (TPSA) is 39.4 Å². The van der Waals surface area contributed by atoms with Gasteiger partial charge in [-0.2, -0.15) is 10.3 Å². The first-order chi connectivity index (χ1) is 6.24. The van der Waals surface area contributed by atoms with E-state index < -0.39 is 0 Å². The van der Waals surface area contributed by atoms with Crippen LogP contribution < -0.4 is 4.90 Å². The lowest BCUT2D eigenvalue weighted by molar-refractivity contribution is 1.13. The molecule has 3 heteroatoms. The summed E-state index contributed by atoms with van der Waals surface area (Å²) < 4.78 is 0. The molecule has 1 aromatic carbocycles. The summed E-state index contributed by atoms with van der Waals surface area (Å²) in [6, 6.07) is 7.82. The largest absolute Gasteiger partial charge is 0.378 e. The van der Waals surface area contributed by atoms with E-state index in [1.54, 1.807) is 12.4 Å². The monoisotopic (exact) mass is 173 g/mol. The summed E-state index contributed by atoms with van der Waals surface area (Å²) in [4.78, 5) is 5.50. The third-order valence-electron chi connectivity index (χ3n) is 1.68. The number of anilines is 1. The van der Waals surface area contributed by atoms with E-state index in [-0.39, 0.29) is 0 Å². The molecule has 13 heavy (non-hydrogen) atoms. The van der Waals surface area contributed by atoms with Crippen molar-refractivity contribution in [3.05, 3.63) is 29.8 Å². The zero-order chi connectivity index (χ0) is 9.68. The summed E-state index contributed by atoms with van der Waals surface area (Å²) in [5.74, 6) is 0.